The van der Waals surface area contributed by atoms with Crippen LogP contribution in [0.4, 0.5) is 0 Å². The number of benzene rings is 1. The van der Waals surface area contributed by atoms with Crippen molar-refractivity contribution in [1.29, 1.82) is 0 Å². The van der Waals surface area contributed by atoms with E-state index in [9.17, 15) is 4.79 Å². The van der Waals surface area contributed by atoms with Crippen molar-refractivity contribution in [2.75, 3.05) is 19.7 Å². The van der Waals surface area contributed by atoms with Crippen molar-refractivity contribution < 1.29 is 14.6 Å². The van der Waals surface area contributed by atoms with E-state index in [2.05, 4.69) is 0 Å². The zero-order chi connectivity index (χ0) is 14.5. The fourth-order valence-electron chi connectivity index (χ4n) is 2.37. The highest BCUT2D eigenvalue weighted by molar-refractivity contribution is 6.32. The molecule has 1 aliphatic heterocycles. The summed E-state index contributed by atoms with van der Waals surface area (Å²) in [5.74, 6) is 0.820. The molecule has 0 aromatic heterocycles. The molecule has 4 nitrogen and oxygen atoms in total. The van der Waals surface area contributed by atoms with Gasteiger partial charge in [0.25, 0.3) is 5.91 Å². The molecule has 110 valence electrons. The largest absolute Gasteiger partial charge is 0.479 e. The topological polar surface area (TPSA) is 49.8 Å². The van der Waals surface area contributed by atoms with E-state index in [0.29, 0.717) is 29.8 Å². The summed E-state index contributed by atoms with van der Waals surface area (Å²) in [6.07, 6.45) is 1.14. The average molecular weight is 298 g/mol. The third-order valence-electron chi connectivity index (χ3n) is 3.67. The number of para-hydroxylation sites is 1. The fourth-order valence-corrected chi connectivity index (χ4v) is 2.55. The van der Waals surface area contributed by atoms with E-state index in [1.807, 2.05) is 12.1 Å². The summed E-state index contributed by atoms with van der Waals surface area (Å²) >= 11 is 6.02. The predicted molar refractivity (Wildman–Crippen MR) is 77.9 cm³/mol. The van der Waals surface area contributed by atoms with Crippen molar-refractivity contribution in [2.24, 2.45) is 5.92 Å². The van der Waals surface area contributed by atoms with Crippen LogP contribution in [0.25, 0.3) is 0 Å². The molecule has 5 heteroatoms. The Morgan fingerprint density at radius 2 is 2.10 bits per heavy atom. The van der Waals surface area contributed by atoms with Crippen LogP contribution in [0.2, 0.25) is 5.02 Å². The zero-order valence-corrected chi connectivity index (χ0v) is 12.3. The van der Waals surface area contributed by atoms with E-state index >= 15 is 0 Å². The predicted octanol–water partition coefficient (Wildman–Crippen LogP) is 2.34. The maximum atomic E-state index is 12.3. The van der Waals surface area contributed by atoms with E-state index in [4.69, 9.17) is 21.4 Å². The summed E-state index contributed by atoms with van der Waals surface area (Å²) in [5.41, 5.74) is 0. The molecule has 2 rings (SSSR count). The van der Waals surface area contributed by atoms with Crippen LogP contribution >= 0.6 is 11.6 Å². The number of ether oxygens (including phenoxy) is 1. The van der Waals surface area contributed by atoms with Gasteiger partial charge in [-0.3, -0.25) is 4.79 Å². The molecule has 0 bridgehead atoms. The highest BCUT2D eigenvalue weighted by atomic mass is 35.5. The number of hydrogen-bond donors (Lipinski definition) is 1. The van der Waals surface area contributed by atoms with Gasteiger partial charge in [-0.05, 0) is 37.8 Å². The molecule has 1 heterocycles. The number of carbonyl (C=O) groups is 1. The molecule has 1 amide bonds. The van der Waals surface area contributed by atoms with E-state index in [1.165, 1.54) is 0 Å². The molecule has 1 saturated heterocycles. The van der Waals surface area contributed by atoms with Gasteiger partial charge >= 0.3 is 0 Å². The van der Waals surface area contributed by atoms with Gasteiger partial charge in [0.2, 0.25) is 0 Å². The summed E-state index contributed by atoms with van der Waals surface area (Å²) in [6, 6.07) is 7.14. The van der Waals surface area contributed by atoms with Crippen LogP contribution in [0.1, 0.15) is 19.8 Å². The van der Waals surface area contributed by atoms with Crippen molar-refractivity contribution in [3.63, 3.8) is 0 Å². The second-order valence-electron chi connectivity index (χ2n) is 5.14. The minimum Gasteiger partial charge on any atom is -0.479 e. The number of aliphatic hydroxyl groups is 1. The summed E-state index contributed by atoms with van der Waals surface area (Å²) in [5, 5.41) is 9.61. The van der Waals surface area contributed by atoms with Gasteiger partial charge in [-0.2, -0.15) is 0 Å². The van der Waals surface area contributed by atoms with Gasteiger partial charge in [0.1, 0.15) is 5.75 Å². The first kappa shape index (κ1) is 15.1. The maximum absolute atomic E-state index is 12.3. The number of hydrogen-bond acceptors (Lipinski definition) is 3. The lowest BCUT2D eigenvalue weighted by Crippen LogP contribution is -2.45. The van der Waals surface area contributed by atoms with E-state index in [-0.39, 0.29) is 12.5 Å². The number of aliphatic hydroxyl groups excluding tert-OH is 1. The third kappa shape index (κ3) is 3.64. The van der Waals surface area contributed by atoms with Crippen molar-refractivity contribution in [1.82, 2.24) is 4.90 Å². The molecule has 0 saturated carbocycles. The van der Waals surface area contributed by atoms with Crippen LogP contribution < -0.4 is 4.74 Å². The van der Waals surface area contributed by atoms with Gasteiger partial charge in [-0.1, -0.05) is 23.7 Å². The normalized spacial score (nSPS) is 17.9. The Kier molecular flexibility index (Phi) is 5.26. The third-order valence-corrected chi connectivity index (χ3v) is 3.98. The minimum absolute atomic E-state index is 0.0266. The Bertz CT molecular complexity index is 458. The second kappa shape index (κ2) is 6.95. The van der Waals surface area contributed by atoms with Crippen LogP contribution in [0.3, 0.4) is 0 Å². The molecule has 1 aliphatic rings. The molecular weight excluding hydrogens is 278 g/mol. The number of carbonyl (C=O) groups excluding carboxylic acids is 1. The van der Waals surface area contributed by atoms with Crippen molar-refractivity contribution >= 4 is 17.5 Å². The lowest BCUT2D eigenvalue weighted by Gasteiger charge is -2.32. The summed E-state index contributed by atoms with van der Waals surface area (Å²) < 4.78 is 5.64. The van der Waals surface area contributed by atoms with Crippen LogP contribution in [0.5, 0.6) is 5.75 Å². The number of rotatable bonds is 4. The quantitative estimate of drug-likeness (QED) is 0.928. The van der Waals surface area contributed by atoms with Crippen LogP contribution in [-0.2, 0) is 4.79 Å². The molecule has 0 spiro atoms. The first-order chi connectivity index (χ1) is 9.61. The Morgan fingerprint density at radius 1 is 1.45 bits per heavy atom. The van der Waals surface area contributed by atoms with Crippen LogP contribution in [-0.4, -0.2) is 41.7 Å². The Hall–Kier alpha value is -1.26. The molecular formula is C15H20ClNO3. The van der Waals surface area contributed by atoms with Gasteiger partial charge in [-0.15, -0.1) is 0 Å². The lowest BCUT2D eigenvalue weighted by atomic mass is 9.97. The molecule has 1 aromatic rings. The molecule has 1 unspecified atom stereocenters. The molecule has 1 fully saturated rings. The average Bonchev–Trinajstić information content (AvgIpc) is 2.49. The van der Waals surface area contributed by atoms with Gasteiger partial charge in [-0.25, -0.2) is 0 Å². The molecule has 0 radical (unpaired) electrons. The summed E-state index contributed by atoms with van der Waals surface area (Å²) in [6.45, 7) is 3.30. The maximum Gasteiger partial charge on any atom is 0.263 e. The second-order valence-corrected chi connectivity index (χ2v) is 5.55. The SMILES string of the molecule is CC(Oc1ccccc1Cl)C(=O)N1CCC(CO)CC1. The highest BCUT2D eigenvalue weighted by Crippen LogP contribution is 2.25. The molecule has 20 heavy (non-hydrogen) atoms. The molecule has 1 atom stereocenters. The van der Waals surface area contributed by atoms with Crippen LogP contribution in [0.15, 0.2) is 24.3 Å². The highest BCUT2D eigenvalue weighted by Gasteiger charge is 2.26. The Morgan fingerprint density at radius 3 is 2.70 bits per heavy atom. The first-order valence-electron chi connectivity index (χ1n) is 6.92. The van der Waals surface area contributed by atoms with Crippen molar-refractivity contribution in [3.8, 4) is 5.75 Å². The summed E-state index contributed by atoms with van der Waals surface area (Å²) in [4.78, 5) is 14.1. The number of nitrogens with zero attached hydrogens (tertiary/aromatic N) is 1. The minimum atomic E-state index is -0.555. The molecule has 1 N–H and O–H groups in total. The number of amides is 1. The summed E-state index contributed by atoms with van der Waals surface area (Å²) in [7, 11) is 0. The van der Waals surface area contributed by atoms with Gasteiger partial charge in [0, 0.05) is 19.7 Å². The number of piperidine rings is 1. The smallest absolute Gasteiger partial charge is 0.263 e. The van der Waals surface area contributed by atoms with Gasteiger partial charge < -0.3 is 14.7 Å². The Labute approximate surface area is 124 Å². The van der Waals surface area contributed by atoms with E-state index < -0.39 is 6.10 Å². The van der Waals surface area contributed by atoms with Gasteiger partial charge in [0.15, 0.2) is 6.10 Å². The number of likely N-dealkylation sites (tertiary alicyclic amines) is 1. The standard InChI is InChI=1S/C15H20ClNO3/c1-11(20-14-5-3-2-4-13(14)16)15(19)17-8-6-12(10-18)7-9-17/h2-5,11-12,18H,6-10H2,1H3. The lowest BCUT2D eigenvalue weighted by molar-refractivity contribution is -0.139. The van der Waals surface area contributed by atoms with E-state index in [0.717, 1.165) is 12.8 Å². The van der Waals surface area contributed by atoms with Crippen molar-refractivity contribution in [3.05, 3.63) is 29.3 Å². The van der Waals surface area contributed by atoms with Crippen molar-refractivity contribution in [2.45, 2.75) is 25.9 Å². The first-order valence-corrected chi connectivity index (χ1v) is 7.30. The monoisotopic (exact) mass is 297 g/mol. The zero-order valence-electron chi connectivity index (χ0n) is 11.6. The number of halogens is 1. The van der Waals surface area contributed by atoms with Gasteiger partial charge in [0.05, 0.1) is 5.02 Å². The van der Waals surface area contributed by atoms with Crippen LogP contribution in [0, 0.1) is 5.92 Å². The van der Waals surface area contributed by atoms with E-state index in [1.54, 1.807) is 24.0 Å². The fraction of sp³-hybridized carbons (Fsp3) is 0.533. The molecule has 1 aromatic carbocycles. The Balaban J connectivity index is 1.91. The molecule has 0 aliphatic carbocycles.